The first-order chi connectivity index (χ1) is 7.99. The summed E-state index contributed by atoms with van der Waals surface area (Å²) < 4.78 is 0. The molecule has 0 amide bonds. The third-order valence-corrected chi connectivity index (χ3v) is 4.50. The molecular formula is C15H17ClS. The van der Waals surface area contributed by atoms with Gasteiger partial charge in [0, 0.05) is 9.75 Å². The van der Waals surface area contributed by atoms with E-state index in [4.69, 9.17) is 11.6 Å². The highest BCUT2D eigenvalue weighted by Gasteiger charge is 2.17. The van der Waals surface area contributed by atoms with Crippen LogP contribution in [0, 0.1) is 27.7 Å². The summed E-state index contributed by atoms with van der Waals surface area (Å²) in [5, 5.41) is -0.0273. The minimum Gasteiger partial charge on any atom is -0.146 e. The maximum atomic E-state index is 6.61. The highest BCUT2D eigenvalue weighted by Crippen LogP contribution is 2.36. The zero-order valence-corrected chi connectivity index (χ0v) is 12.2. The lowest BCUT2D eigenvalue weighted by atomic mass is 9.98. The summed E-state index contributed by atoms with van der Waals surface area (Å²) in [7, 11) is 0. The molecule has 0 aliphatic rings. The Morgan fingerprint density at radius 2 is 1.71 bits per heavy atom. The molecule has 0 N–H and O–H groups in total. The van der Waals surface area contributed by atoms with Gasteiger partial charge in [0.25, 0.3) is 0 Å². The first-order valence-corrected chi connectivity index (χ1v) is 7.02. The van der Waals surface area contributed by atoms with Crippen molar-refractivity contribution in [1.29, 1.82) is 0 Å². The fraction of sp³-hybridized carbons (Fsp3) is 0.333. The van der Waals surface area contributed by atoms with Crippen molar-refractivity contribution in [3.8, 4) is 0 Å². The van der Waals surface area contributed by atoms with Crippen LogP contribution in [-0.2, 0) is 0 Å². The number of alkyl halides is 1. The lowest BCUT2D eigenvalue weighted by Gasteiger charge is -2.13. The molecular weight excluding hydrogens is 248 g/mol. The molecule has 0 radical (unpaired) electrons. The Kier molecular flexibility index (Phi) is 3.60. The average molecular weight is 265 g/mol. The summed E-state index contributed by atoms with van der Waals surface area (Å²) in [6.45, 7) is 8.52. The van der Waals surface area contributed by atoms with Crippen LogP contribution in [0.3, 0.4) is 0 Å². The molecule has 2 heteroatoms. The van der Waals surface area contributed by atoms with Crippen LogP contribution in [0.4, 0.5) is 0 Å². The van der Waals surface area contributed by atoms with E-state index in [1.54, 1.807) is 0 Å². The first-order valence-electron chi connectivity index (χ1n) is 5.77. The topological polar surface area (TPSA) is 0 Å². The van der Waals surface area contributed by atoms with Gasteiger partial charge < -0.3 is 0 Å². The molecule has 2 aromatic rings. The molecule has 0 aliphatic carbocycles. The van der Waals surface area contributed by atoms with Crippen molar-refractivity contribution >= 4 is 22.9 Å². The number of aryl methyl sites for hydroxylation is 4. The molecule has 1 unspecified atom stereocenters. The third kappa shape index (κ3) is 2.56. The van der Waals surface area contributed by atoms with Crippen LogP contribution >= 0.6 is 22.9 Å². The Bertz CT molecular complexity index is 540. The quantitative estimate of drug-likeness (QED) is 0.645. The van der Waals surface area contributed by atoms with E-state index in [1.165, 1.54) is 32.0 Å². The van der Waals surface area contributed by atoms with E-state index in [9.17, 15) is 0 Å². The normalized spacial score (nSPS) is 12.8. The van der Waals surface area contributed by atoms with Crippen molar-refractivity contribution in [3.05, 3.63) is 56.3 Å². The van der Waals surface area contributed by atoms with E-state index >= 15 is 0 Å². The number of hydrogen-bond acceptors (Lipinski definition) is 1. The molecule has 90 valence electrons. The van der Waals surface area contributed by atoms with E-state index in [2.05, 4.69) is 52.0 Å². The molecule has 2 rings (SSSR count). The highest BCUT2D eigenvalue weighted by atomic mass is 35.5. The van der Waals surface area contributed by atoms with E-state index in [0.29, 0.717) is 0 Å². The van der Waals surface area contributed by atoms with Crippen LogP contribution in [-0.4, -0.2) is 0 Å². The molecule has 0 spiro atoms. The van der Waals surface area contributed by atoms with Gasteiger partial charge in [-0.25, -0.2) is 0 Å². The number of hydrogen-bond donors (Lipinski definition) is 0. The molecule has 17 heavy (non-hydrogen) atoms. The smallest absolute Gasteiger partial charge is 0.0848 e. The second kappa shape index (κ2) is 4.83. The number of thiophene rings is 1. The molecule has 0 fully saturated rings. The van der Waals surface area contributed by atoms with Crippen molar-refractivity contribution in [2.45, 2.75) is 33.1 Å². The van der Waals surface area contributed by atoms with Gasteiger partial charge in [-0.2, -0.15) is 0 Å². The highest BCUT2D eigenvalue weighted by molar-refractivity contribution is 7.12. The zero-order valence-electron chi connectivity index (χ0n) is 10.7. The van der Waals surface area contributed by atoms with Gasteiger partial charge in [0.15, 0.2) is 0 Å². The molecule has 1 heterocycles. The zero-order chi connectivity index (χ0) is 12.6. The van der Waals surface area contributed by atoms with Crippen LogP contribution in [0.2, 0.25) is 0 Å². The van der Waals surface area contributed by atoms with Gasteiger partial charge in [0.1, 0.15) is 0 Å². The Balaban J connectivity index is 2.43. The van der Waals surface area contributed by atoms with E-state index in [0.717, 1.165) is 0 Å². The summed E-state index contributed by atoms with van der Waals surface area (Å²) in [6, 6.07) is 8.68. The van der Waals surface area contributed by atoms with Crippen LogP contribution in [0.1, 0.15) is 37.4 Å². The summed E-state index contributed by atoms with van der Waals surface area (Å²) in [6.07, 6.45) is 0. The Morgan fingerprint density at radius 1 is 1.00 bits per heavy atom. The molecule has 0 saturated carbocycles. The first kappa shape index (κ1) is 12.7. The van der Waals surface area contributed by atoms with Crippen molar-refractivity contribution in [1.82, 2.24) is 0 Å². The predicted octanol–water partition coefficient (Wildman–Crippen LogP) is 5.31. The number of benzene rings is 1. The Morgan fingerprint density at radius 3 is 2.24 bits per heavy atom. The maximum absolute atomic E-state index is 6.61. The molecule has 0 aliphatic heterocycles. The van der Waals surface area contributed by atoms with Crippen LogP contribution in [0.15, 0.2) is 24.3 Å². The summed E-state index contributed by atoms with van der Waals surface area (Å²) in [5.74, 6) is 0. The van der Waals surface area contributed by atoms with Crippen LogP contribution in [0.25, 0.3) is 0 Å². The van der Waals surface area contributed by atoms with Crippen molar-refractivity contribution in [3.63, 3.8) is 0 Å². The fourth-order valence-electron chi connectivity index (χ4n) is 2.18. The lowest BCUT2D eigenvalue weighted by molar-refractivity contribution is 1.10. The molecule has 0 bridgehead atoms. The van der Waals surface area contributed by atoms with Crippen molar-refractivity contribution in [2.24, 2.45) is 0 Å². The third-order valence-electron chi connectivity index (χ3n) is 3.05. The van der Waals surface area contributed by atoms with Gasteiger partial charge in [-0.05, 0) is 50.5 Å². The molecule has 0 nitrogen and oxygen atoms in total. The van der Waals surface area contributed by atoms with Crippen molar-refractivity contribution in [2.75, 3.05) is 0 Å². The Labute approximate surface area is 112 Å². The van der Waals surface area contributed by atoms with Gasteiger partial charge >= 0.3 is 0 Å². The molecule has 1 atom stereocenters. The van der Waals surface area contributed by atoms with Crippen molar-refractivity contribution < 1.29 is 0 Å². The predicted molar refractivity (Wildman–Crippen MR) is 77.4 cm³/mol. The SMILES string of the molecule is Cc1ccc(C(Cl)c2cc(C)sc2C)c(C)c1. The van der Waals surface area contributed by atoms with Crippen LogP contribution < -0.4 is 0 Å². The molecule has 0 saturated heterocycles. The van der Waals surface area contributed by atoms with E-state index in [-0.39, 0.29) is 5.38 Å². The van der Waals surface area contributed by atoms with Gasteiger partial charge in [-0.3, -0.25) is 0 Å². The largest absolute Gasteiger partial charge is 0.146 e. The van der Waals surface area contributed by atoms with E-state index in [1.807, 2.05) is 11.3 Å². The second-order valence-corrected chi connectivity index (χ2v) is 6.49. The monoisotopic (exact) mass is 264 g/mol. The fourth-order valence-corrected chi connectivity index (χ4v) is 3.68. The molecule has 1 aromatic carbocycles. The van der Waals surface area contributed by atoms with Gasteiger partial charge in [0.2, 0.25) is 0 Å². The minimum atomic E-state index is -0.0273. The summed E-state index contributed by atoms with van der Waals surface area (Å²) in [4.78, 5) is 2.65. The van der Waals surface area contributed by atoms with Gasteiger partial charge in [-0.15, -0.1) is 22.9 Å². The molecule has 1 aromatic heterocycles. The van der Waals surface area contributed by atoms with E-state index < -0.39 is 0 Å². The van der Waals surface area contributed by atoms with Crippen LogP contribution in [0.5, 0.6) is 0 Å². The minimum absolute atomic E-state index is 0.0273. The average Bonchev–Trinajstić information content (AvgIpc) is 2.57. The van der Waals surface area contributed by atoms with Gasteiger partial charge in [0.05, 0.1) is 5.38 Å². The number of rotatable bonds is 2. The van der Waals surface area contributed by atoms with Gasteiger partial charge in [-0.1, -0.05) is 23.8 Å². The maximum Gasteiger partial charge on any atom is 0.0848 e. The number of halogens is 1. The summed E-state index contributed by atoms with van der Waals surface area (Å²) in [5.41, 5.74) is 5.03. The lowest BCUT2D eigenvalue weighted by Crippen LogP contribution is -1.96. The summed E-state index contributed by atoms with van der Waals surface area (Å²) >= 11 is 8.43. The Hall–Kier alpha value is -0.790. The standard InChI is InChI=1S/C15H17ClS/c1-9-5-6-13(10(2)7-9)15(16)14-8-11(3)17-12(14)4/h5-8,15H,1-4H3. The second-order valence-electron chi connectivity index (χ2n) is 4.59.